The minimum atomic E-state index is -0.580. The van der Waals surface area contributed by atoms with Gasteiger partial charge >= 0.3 is 5.69 Å². The minimum Gasteiger partial charge on any atom is -0.482 e. The van der Waals surface area contributed by atoms with Gasteiger partial charge in [-0.1, -0.05) is 35.3 Å². The number of nitrogens with zero attached hydrogens (tertiary/aromatic N) is 1. The molecule has 0 atom stereocenters. The third-order valence-electron chi connectivity index (χ3n) is 2.73. The summed E-state index contributed by atoms with van der Waals surface area (Å²) in [5, 5.41) is 11.6. The second-order valence-corrected chi connectivity index (χ2v) is 4.89. The Bertz CT molecular complexity index is 703. The van der Waals surface area contributed by atoms with E-state index < -0.39 is 4.92 Å². The van der Waals surface area contributed by atoms with Crippen molar-refractivity contribution in [2.75, 3.05) is 0 Å². The molecule has 5 nitrogen and oxygen atoms in total. The van der Waals surface area contributed by atoms with Crippen LogP contribution in [-0.4, -0.2) is 11.2 Å². The zero-order valence-electron chi connectivity index (χ0n) is 10.6. The standard InChI is InChI=1S/C14H9Cl2NO4/c15-11-3-1-2-10(14(11)16)8-21-13-6-9(7-18)4-5-12(13)17(19)20/h1-7H,8H2. The van der Waals surface area contributed by atoms with Crippen LogP contribution in [0.4, 0.5) is 5.69 Å². The Labute approximate surface area is 130 Å². The van der Waals surface area contributed by atoms with Gasteiger partial charge < -0.3 is 4.74 Å². The zero-order valence-corrected chi connectivity index (χ0v) is 12.1. The number of aldehydes is 1. The van der Waals surface area contributed by atoms with Crippen molar-refractivity contribution in [2.24, 2.45) is 0 Å². The normalized spacial score (nSPS) is 10.2. The number of nitro benzene ring substituents is 1. The van der Waals surface area contributed by atoms with Crippen molar-refractivity contribution in [3.8, 4) is 5.75 Å². The molecule has 0 bridgehead atoms. The number of carbonyl (C=O) groups excluding carboxylic acids is 1. The van der Waals surface area contributed by atoms with Crippen LogP contribution in [0.15, 0.2) is 36.4 Å². The lowest BCUT2D eigenvalue weighted by atomic mass is 10.2. The third-order valence-corrected chi connectivity index (χ3v) is 3.59. The Hall–Kier alpha value is -2.11. The SMILES string of the molecule is O=Cc1ccc([N+](=O)[O-])c(OCc2cccc(Cl)c2Cl)c1. The van der Waals surface area contributed by atoms with Crippen LogP contribution in [-0.2, 0) is 6.61 Å². The molecular weight excluding hydrogens is 317 g/mol. The number of carbonyl (C=O) groups is 1. The first-order chi connectivity index (χ1) is 10.0. The first-order valence-corrected chi connectivity index (χ1v) is 6.58. The Morgan fingerprint density at radius 3 is 2.67 bits per heavy atom. The number of rotatable bonds is 5. The zero-order chi connectivity index (χ0) is 15.4. The lowest BCUT2D eigenvalue weighted by Gasteiger charge is -2.09. The summed E-state index contributed by atoms with van der Waals surface area (Å²) in [5.41, 5.74) is 0.654. The van der Waals surface area contributed by atoms with Gasteiger partial charge in [0.2, 0.25) is 0 Å². The largest absolute Gasteiger partial charge is 0.482 e. The molecule has 0 heterocycles. The molecule has 0 unspecified atom stereocenters. The van der Waals surface area contributed by atoms with E-state index >= 15 is 0 Å². The molecule has 0 aliphatic heterocycles. The van der Waals surface area contributed by atoms with Crippen molar-refractivity contribution in [1.29, 1.82) is 0 Å². The van der Waals surface area contributed by atoms with Crippen molar-refractivity contribution in [2.45, 2.75) is 6.61 Å². The van der Waals surface area contributed by atoms with Gasteiger partial charge in [0.1, 0.15) is 12.9 Å². The number of benzene rings is 2. The second-order valence-electron chi connectivity index (χ2n) is 4.10. The van der Waals surface area contributed by atoms with Gasteiger partial charge in [-0.05, 0) is 18.2 Å². The van der Waals surface area contributed by atoms with E-state index in [1.54, 1.807) is 18.2 Å². The van der Waals surface area contributed by atoms with Crippen LogP contribution in [0.2, 0.25) is 10.0 Å². The van der Waals surface area contributed by atoms with E-state index in [1.165, 1.54) is 18.2 Å². The molecule has 21 heavy (non-hydrogen) atoms. The fourth-order valence-corrected chi connectivity index (χ4v) is 2.06. The Morgan fingerprint density at radius 1 is 1.24 bits per heavy atom. The van der Waals surface area contributed by atoms with Crippen LogP contribution in [0, 0.1) is 10.1 Å². The minimum absolute atomic E-state index is 0.000595. The lowest BCUT2D eigenvalue weighted by molar-refractivity contribution is -0.385. The molecule has 0 spiro atoms. The lowest BCUT2D eigenvalue weighted by Crippen LogP contribution is -2.00. The van der Waals surface area contributed by atoms with E-state index in [1.807, 2.05) is 0 Å². The van der Waals surface area contributed by atoms with Gasteiger partial charge in [0.25, 0.3) is 0 Å². The van der Waals surface area contributed by atoms with Gasteiger partial charge in [-0.25, -0.2) is 0 Å². The molecule has 0 fully saturated rings. The highest BCUT2D eigenvalue weighted by Gasteiger charge is 2.16. The molecule has 108 valence electrons. The molecule has 0 radical (unpaired) electrons. The molecule has 0 aromatic heterocycles. The monoisotopic (exact) mass is 325 g/mol. The average molecular weight is 326 g/mol. The third kappa shape index (κ3) is 3.51. The summed E-state index contributed by atoms with van der Waals surface area (Å²) in [6, 6.07) is 8.90. The molecule has 0 saturated heterocycles. The molecule has 0 aliphatic rings. The molecule has 0 aliphatic carbocycles. The van der Waals surface area contributed by atoms with Crippen molar-refractivity contribution in [1.82, 2.24) is 0 Å². The maximum atomic E-state index is 10.9. The Morgan fingerprint density at radius 2 is 2.00 bits per heavy atom. The Kier molecular flexibility index (Phi) is 4.77. The van der Waals surface area contributed by atoms with Gasteiger partial charge in [0.05, 0.1) is 15.0 Å². The Balaban J connectivity index is 2.28. The highest BCUT2D eigenvalue weighted by molar-refractivity contribution is 6.42. The summed E-state index contributed by atoms with van der Waals surface area (Å²) in [6.45, 7) is 0.00252. The van der Waals surface area contributed by atoms with Crippen LogP contribution in [0.3, 0.4) is 0 Å². The maximum Gasteiger partial charge on any atom is 0.310 e. The topological polar surface area (TPSA) is 69.4 Å². The second kappa shape index (κ2) is 6.56. The number of nitro groups is 1. The van der Waals surface area contributed by atoms with E-state index in [4.69, 9.17) is 27.9 Å². The van der Waals surface area contributed by atoms with Crippen molar-refractivity contribution in [3.05, 3.63) is 67.7 Å². The van der Waals surface area contributed by atoms with E-state index in [0.717, 1.165) is 0 Å². The molecule has 7 heteroatoms. The average Bonchev–Trinajstić information content (AvgIpc) is 2.48. The highest BCUT2D eigenvalue weighted by atomic mass is 35.5. The van der Waals surface area contributed by atoms with Crippen LogP contribution >= 0.6 is 23.2 Å². The molecule has 0 saturated carbocycles. The summed E-state index contributed by atoms with van der Waals surface area (Å²) in [7, 11) is 0. The molecular formula is C14H9Cl2NO4. The van der Waals surface area contributed by atoms with E-state index in [2.05, 4.69) is 0 Å². The smallest absolute Gasteiger partial charge is 0.310 e. The number of hydrogen-bond donors (Lipinski definition) is 0. The van der Waals surface area contributed by atoms with Crippen LogP contribution < -0.4 is 4.74 Å². The van der Waals surface area contributed by atoms with Gasteiger partial charge in [-0.15, -0.1) is 0 Å². The van der Waals surface area contributed by atoms with E-state index in [0.29, 0.717) is 21.9 Å². The summed E-state index contributed by atoms with van der Waals surface area (Å²) in [4.78, 5) is 21.1. The van der Waals surface area contributed by atoms with E-state index in [9.17, 15) is 14.9 Å². The van der Waals surface area contributed by atoms with Crippen LogP contribution in [0.5, 0.6) is 5.75 Å². The van der Waals surface area contributed by atoms with Gasteiger partial charge in [-0.3, -0.25) is 14.9 Å². The fraction of sp³-hybridized carbons (Fsp3) is 0.0714. The van der Waals surface area contributed by atoms with Crippen molar-refractivity contribution < 1.29 is 14.5 Å². The van der Waals surface area contributed by atoms with Gasteiger partial charge in [0.15, 0.2) is 5.75 Å². The summed E-state index contributed by atoms with van der Waals surface area (Å²) in [6.07, 6.45) is 0.586. The van der Waals surface area contributed by atoms with Gasteiger partial charge in [0, 0.05) is 17.2 Å². The predicted octanol–water partition coefficient (Wildman–Crippen LogP) is 4.29. The number of halogens is 2. The van der Waals surface area contributed by atoms with Crippen molar-refractivity contribution >= 4 is 35.2 Å². The van der Waals surface area contributed by atoms with Crippen molar-refractivity contribution in [3.63, 3.8) is 0 Å². The first kappa shape index (κ1) is 15.3. The molecule has 0 amide bonds. The summed E-state index contributed by atoms with van der Waals surface area (Å²) < 4.78 is 5.42. The summed E-state index contributed by atoms with van der Waals surface area (Å²) >= 11 is 11.9. The van der Waals surface area contributed by atoms with Crippen LogP contribution in [0.1, 0.15) is 15.9 Å². The maximum absolute atomic E-state index is 10.9. The van der Waals surface area contributed by atoms with Crippen LogP contribution in [0.25, 0.3) is 0 Å². The number of hydrogen-bond acceptors (Lipinski definition) is 4. The molecule has 0 N–H and O–H groups in total. The van der Waals surface area contributed by atoms with Gasteiger partial charge in [-0.2, -0.15) is 0 Å². The molecule has 2 rings (SSSR count). The predicted molar refractivity (Wildman–Crippen MR) is 79.3 cm³/mol. The summed E-state index contributed by atoms with van der Waals surface area (Å²) in [5.74, 6) is 0.000595. The fourth-order valence-electron chi connectivity index (χ4n) is 1.69. The highest BCUT2D eigenvalue weighted by Crippen LogP contribution is 2.30. The van der Waals surface area contributed by atoms with E-state index in [-0.39, 0.29) is 23.6 Å². The number of ether oxygens (including phenoxy) is 1. The quantitative estimate of drug-likeness (QED) is 0.467. The molecule has 2 aromatic carbocycles. The molecule has 2 aromatic rings. The first-order valence-electron chi connectivity index (χ1n) is 5.82.